The monoisotopic (exact) mass is 298 g/mol. The van der Waals surface area contributed by atoms with Gasteiger partial charge in [-0.15, -0.1) is 0 Å². The number of aldehydes is 1. The van der Waals surface area contributed by atoms with E-state index in [2.05, 4.69) is 15.9 Å². The van der Waals surface area contributed by atoms with Gasteiger partial charge in [-0.1, -0.05) is 28.1 Å². The summed E-state index contributed by atoms with van der Waals surface area (Å²) in [5.41, 5.74) is 3.21. The van der Waals surface area contributed by atoms with Crippen molar-refractivity contribution in [2.75, 3.05) is 5.33 Å². The van der Waals surface area contributed by atoms with Crippen LogP contribution in [0, 0.1) is 13.8 Å². The first kappa shape index (κ1) is 14.2. The van der Waals surface area contributed by atoms with Crippen molar-refractivity contribution < 1.29 is 9.53 Å². The predicted molar refractivity (Wildman–Crippen MR) is 74.3 cm³/mol. The van der Waals surface area contributed by atoms with Crippen molar-refractivity contribution in [3.8, 4) is 5.75 Å². The molecule has 0 fully saturated rings. The summed E-state index contributed by atoms with van der Waals surface area (Å²) in [5, 5.41) is 0.653. The van der Waals surface area contributed by atoms with Gasteiger partial charge in [0.25, 0.3) is 0 Å². The van der Waals surface area contributed by atoms with E-state index >= 15 is 0 Å². The van der Waals surface area contributed by atoms with Gasteiger partial charge in [-0.25, -0.2) is 0 Å². The minimum Gasteiger partial charge on any atom is -0.490 e. The highest BCUT2D eigenvalue weighted by Gasteiger charge is 2.13. The van der Waals surface area contributed by atoms with Gasteiger partial charge in [0, 0.05) is 11.2 Å². The molecular weight excluding hydrogens is 280 g/mol. The van der Waals surface area contributed by atoms with Crippen molar-refractivity contribution in [2.45, 2.75) is 39.7 Å². The van der Waals surface area contributed by atoms with Crippen molar-refractivity contribution in [3.05, 3.63) is 28.8 Å². The van der Waals surface area contributed by atoms with Gasteiger partial charge in [0.15, 0.2) is 0 Å². The molecule has 0 amide bonds. The van der Waals surface area contributed by atoms with Crippen LogP contribution in [0.4, 0.5) is 0 Å². The fourth-order valence-electron chi connectivity index (χ4n) is 1.82. The van der Waals surface area contributed by atoms with Gasteiger partial charge in [0.2, 0.25) is 0 Å². The SMILES string of the molecule is Cc1cc(C(C=O)CBr)cc(C)c1OC(C)C. The smallest absolute Gasteiger partial charge is 0.128 e. The number of hydrogen-bond donors (Lipinski definition) is 0. The van der Waals surface area contributed by atoms with Crippen molar-refractivity contribution in [3.63, 3.8) is 0 Å². The molecule has 0 aliphatic rings. The molecule has 94 valence electrons. The van der Waals surface area contributed by atoms with E-state index in [1.165, 1.54) is 0 Å². The van der Waals surface area contributed by atoms with Gasteiger partial charge in [-0.3, -0.25) is 0 Å². The standard InChI is InChI=1S/C14H19BrO2/c1-9(2)17-14-10(3)5-12(6-11(14)4)13(7-15)8-16/h5-6,8-9,13H,7H2,1-4H3. The van der Waals surface area contributed by atoms with Crippen molar-refractivity contribution in [1.82, 2.24) is 0 Å². The quantitative estimate of drug-likeness (QED) is 0.611. The van der Waals surface area contributed by atoms with Gasteiger partial charge in [0.1, 0.15) is 12.0 Å². The number of halogens is 1. The Morgan fingerprint density at radius 2 is 1.82 bits per heavy atom. The molecule has 0 saturated heterocycles. The van der Waals surface area contributed by atoms with Crippen molar-refractivity contribution >= 4 is 22.2 Å². The lowest BCUT2D eigenvalue weighted by atomic mass is 9.97. The molecule has 1 rings (SSSR count). The van der Waals surface area contributed by atoms with Crippen LogP contribution < -0.4 is 4.74 Å². The van der Waals surface area contributed by atoms with E-state index in [4.69, 9.17) is 4.74 Å². The topological polar surface area (TPSA) is 26.3 Å². The highest BCUT2D eigenvalue weighted by atomic mass is 79.9. The lowest BCUT2D eigenvalue weighted by Crippen LogP contribution is -2.09. The van der Waals surface area contributed by atoms with E-state index in [1.807, 2.05) is 39.8 Å². The van der Waals surface area contributed by atoms with E-state index in [0.717, 1.165) is 28.7 Å². The average molecular weight is 299 g/mol. The van der Waals surface area contributed by atoms with Gasteiger partial charge < -0.3 is 9.53 Å². The Labute approximate surface area is 111 Å². The molecule has 0 saturated carbocycles. The maximum absolute atomic E-state index is 11.0. The zero-order chi connectivity index (χ0) is 13.0. The summed E-state index contributed by atoms with van der Waals surface area (Å²) in [7, 11) is 0. The molecule has 1 aromatic rings. The molecule has 1 atom stereocenters. The molecule has 0 spiro atoms. The molecule has 1 unspecified atom stereocenters. The molecule has 0 N–H and O–H groups in total. The summed E-state index contributed by atoms with van der Waals surface area (Å²) < 4.78 is 5.78. The van der Waals surface area contributed by atoms with Crippen LogP contribution in [-0.4, -0.2) is 17.7 Å². The van der Waals surface area contributed by atoms with Crippen LogP contribution in [0.1, 0.15) is 36.5 Å². The third-order valence-corrected chi connectivity index (χ3v) is 3.29. The Morgan fingerprint density at radius 1 is 1.29 bits per heavy atom. The normalized spacial score (nSPS) is 12.6. The first-order chi connectivity index (χ1) is 7.99. The average Bonchev–Trinajstić information content (AvgIpc) is 2.25. The van der Waals surface area contributed by atoms with E-state index in [1.54, 1.807) is 0 Å². The Morgan fingerprint density at radius 3 is 2.18 bits per heavy atom. The zero-order valence-corrected chi connectivity index (χ0v) is 12.4. The van der Waals surface area contributed by atoms with Crippen LogP contribution in [0.2, 0.25) is 0 Å². The van der Waals surface area contributed by atoms with Crippen LogP contribution in [0.5, 0.6) is 5.75 Å². The molecule has 0 bridgehead atoms. The van der Waals surface area contributed by atoms with Gasteiger partial charge >= 0.3 is 0 Å². The number of alkyl halides is 1. The van der Waals surface area contributed by atoms with Gasteiger partial charge in [-0.2, -0.15) is 0 Å². The fraction of sp³-hybridized carbons (Fsp3) is 0.500. The number of carbonyl (C=O) groups is 1. The molecule has 17 heavy (non-hydrogen) atoms. The fourth-order valence-corrected chi connectivity index (χ4v) is 2.35. The first-order valence-corrected chi connectivity index (χ1v) is 6.90. The minimum atomic E-state index is -0.0829. The van der Waals surface area contributed by atoms with E-state index in [9.17, 15) is 4.79 Å². The number of ether oxygens (including phenoxy) is 1. The molecular formula is C14H19BrO2. The molecule has 0 aliphatic carbocycles. The minimum absolute atomic E-state index is 0.0829. The Kier molecular flexibility index (Phi) is 5.19. The van der Waals surface area contributed by atoms with E-state index in [-0.39, 0.29) is 12.0 Å². The summed E-state index contributed by atoms with van der Waals surface area (Å²) in [5.74, 6) is 0.850. The maximum atomic E-state index is 11.0. The zero-order valence-electron chi connectivity index (χ0n) is 10.8. The molecule has 0 aromatic heterocycles. The summed E-state index contributed by atoms with van der Waals surface area (Å²) in [6.45, 7) is 8.06. The first-order valence-electron chi connectivity index (χ1n) is 5.78. The third kappa shape index (κ3) is 3.56. The van der Waals surface area contributed by atoms with Crippen LogP contribution in [-0.2, 0) is 4.79 Å². The van der Waals surface area contributed by atoms with E-state index in [0.29, 0.717) is 5.33 Å². The largest absolute Gasteiger partial charge is 0.490 e. The number of hydrogen-bond acceptors (Lipinski definition) is 2. The Bertz CT molecular complexity index is 376. The second-order valence-corrected chi connectivity index (χ2v) is 5.19. The summed E-state index contributed by atoms with van der Waals surface area (Å²) in [4.78, 5) is 11.0. The third-order valence-electron chi connectivity index (χ3n) is 2.59. The molecule has 2 nitrogen and oxygen atoms in total. The maximum Gasteiger partial charge on any atom is 0.128 e. The lowest BCUT2D eigenvalue weighted by Gasteiger charge is -2.17. The highest BCUT2D eigenvalue weighted by molar-refractivity contribution is 9.09. The van der Waals surface area contributed by atoms with Gasteiger partial charge in [0.05, 0.1) is 6.10 Å². The molecule has 0 heterocycles. The molecule has 3 heteroatoms. The van der Waals surface area contributed by atoms with E-state index < -0.39 is 0 Å². The summed E-state index contributed by atoms with van der Waals surface area (Å²) in [6, 6.07) is 4.07. The van der Waals surface area contributed by atoms with Crippen LogP contribution in [0.3, 0.4) is 0 Å². The highest BCUT2D eigenvalue weighted by Crippen LogP contribution is 2.29. The number of aryl methyl sites for hydroxylation is 2. The number of rotatable bonds is 5. The second-order valence-electron chi connectivity index (χ2n) is 4.55. The lowest BCUT2D eigenvalue weighted by molar-refractivity contribution is -0.108. The number of carbonyl (C=O) groups excluding carboxylic acids is 1. The molecule has 0 radical (unpaired) electrons. The summed E-state index contributed by atoms with van der Waals surface area (Å²) in [6.07, 6.45) is 1.14. The summed E-state index contributed by atoms with van der Waals surface area (Å²) >= 11 is 3.36. The van der Waals surface area contributed by atoms with Crippen LogP contribution in [0.25, 0.3) is 0 Å². The van der Waals surface area contributed by atoms with Crippen LogP contribution >= 0.6 is 15.9 Å². The Balaban J connectivity index is 3.12. The van der Waals surface area contributed by atoms with Crippen LogP contribution in [0.15, 0.2) is 12.1 Å². The van der Waals surface area contributed by atoms with Crippen molar-refractivity contribution in [2.24, 2.45) is 0 Å². The predicted octanol–water partition coefficient (Wildman–Crippen LogP) is 3.77. The Hall–Kier alpha value is -0.830. The van der Waals surface area contributed by atoms with Gasteiger partial charge in [-0.05, 0) is 44.4 Å². The van der Waals surface area contributed by atoms with Crippen molar-refractivity contribution in [1.29, 1.82) is 0 Å². The molecule has 0 aliphatic heterocycles. The molecule has 1 aromatic carbocycles. The number of benzene rings is 1. The second kappa shape index (κ2) is 6.20.